The molecule has 1 fully saturated rings. The maximum absolute atomic E-state index is 6.15. The van der Waals surface area contributed by atoms with Crippen molar-refractivity contribution in [3.8, 4) is 0 Å². The molecule has 2 N–H and O–H groups in total. The summed E-state index contributed by atoms with van der Waals surface area (Å²) in [6, 6.07) is -0.125. The van der Waals surface area contributed by atoms with Crippen LogP contribution in [0, 0.1) is 0 Å². The smallest absolute Gasteiger partial charge is 0.159 e. The van der Waals surface area contributed by atoms with E-state index in [1.165, 1.54) is 0 Å². The molecule has 0 radical (unpaired) electrons. The van der Waals surface area contributed by atoms with Gasteiger partial charge in [0, 0.05) is 13.0 Å². The molecule has 0 aromatic carbocycles. The van der Waals surface area contributed by atoms with Crippen LogP contribution in [0.15, 0.2) is 10.7 Å². The Labute approximate surface area is 103 Å². The summed E-state index contributed by atoms with van der Waals surface area (Å²) in [5.74, 6) is 0. The number of hydrogen-bond acceptors (Lipinski definition) is 4. The van der Waals surface area contributed by atoms with Crippen molar-refractivity contribution >= 4 is 15.9 Å². The molecule has 5 nitrogen and oxygen atoms in total. The number of ether oxygens (including phenoxy) is 2. The molecule has 0 aliphatic carbocycles. The zero-order chi connectivity index (χ0) is 11.5. The highest BCUT2D eigenvalue weighted by molar-refractivity contribution is 9.10. The Balaban J connectivity index is 2.06. The van der Waals surface area contributed by atoms with Crippen molar-refractivity contribution < 1.29 is 9.47 Å². The van der Waals surface area contributed by atoms with E-state index in [4.69, 9.17) is 15.2 Å². The molecule has 0 saturated carbocycles. The van der Waals surface area contributed by atoms with Gasteiger partial charge >= 0.3 is 0 Å². The number of rotatable bonds is 4. The fourth-order valence-corrected chi connectivity index (χ4v) is 2.45. The Morgan fingerprint density at radius 1 is 1.62 bits per heavy atom. The number of hydrogen-bond donors (Lipinski definition) is 1. The van der Waals surface area contributed by atoms with E-state index < -0.39 is 0 Å². The van der Waals surface area contributed by atoms with Crippen molar-refractivity contribution in [3.05, 3.63) is 16.4 Å². The normalized spacial score (nSPS) is 19.2. The second kappa shape index (κ2) is 5.27. The van der Waals surface area contributed by atoms with Gasteiger partial charge in [-0.3, -0.25) is 4.68 Å². The third-order valence-corrected chi connectivity index (χ3v) is 3.23. The van der Waals surface area contributed by atoms with Crippen molar-refractivity contribution in [2.45, 2.75) is 32.2 Å². The molecule has 1 aliphatic heterocycles. The van der Waals surface area contributed by atoms with Crippen molar-refractivity contribution in [3.63, 3.8) is 0 Å². The standard InChI is InChI=1S/C10H16BrN3O2/c1-2-14-10(7(11)6-13-14)8(12)5-9-15-3-4-16-9/h6,8-9H,2-5,12H2,1H3. The van der Waals surface area contributed by atoms with Crippen LogP contribution in [-0.4, -0.2) is 29.3 Å². The van der Waals surface area contributed by atoms with Gasteiger partial charge in [0.1, 0.15) is 0 Å². The van der Waals surface area contributed by atoms with Gasteiger partial charge in [0.15, 0.2) is 6.29 Å². The average Bonchev–Trinajstić information content (AvgIpc) is 2.87. The number of nitrogens with zero attached hydrogens (tertiary/aromatic N) is 2. The lowest BCUT2D eigenvalue weighted by Gasteiger charge is -2.17. The summed E-state index contributed by atoms with van der Waals surface area (Å²) in [5, 5.41) is 4.24. The van der Waals surface area contributed by atoms with Crippen LogP contribution in [0.4, 0.5) is 0 Å². The van der Waals surface area contributed by atoms with Crippen molar-refractivity contribution in [2.75, 3.05) is 13.2 Å². The maximum Gasteiger partial charge on any atom is 0.159 e. The first-order valence-electron chi connectivity index (χ1n) is 5.42. The van der Waals surface area contributed by atoms with E-state index in [0.717, 1.165) is 16.7 Å². The van der Waals surface area contributed by atoms with Gasteiger partial charge in [-0.15, -0.1) is 0 Å². The van der Waals surface area contributed by atoms with E-state index in [9.17, 15) is 0 Å². The molecule has 1 unspecified atom stereocenters. The van der Waals surface area contributed by atoms with Crippen LogP contribution in [0.3, 0.4) is 0 Å². The predicted molar refractivity (Wildman–Crippen MR) is 62.8 cm³/mol. The summed E-state index contributed by atoms with van der Waals surface area (Å²) in [7, 11) is 0. The number of nitrogens with two attached hydrogens (primary N) is 1. The topological polar surface area (TPSA) is 62.3 Å². The van der Waals surface area contributed by atoms with E-state index in [-0.39, 0.29) is 12.3 Å². The zero-order valence-electron chi connectivity index (χ0n) is 9.23. The van der Waals surface area contributed by atoms with Crippen LogP contribution in [0.1, 0.15) is 25.1 Å². The Kier molecular flexibility index (Phi) is 3.96. The highest BCUT2D eigenvalue weighted by Crippen LogP contribution is 2.26. The number of aryl methyl sites for hydroxylation is 1. The molecule has 16 heavy (non-hydrogen) atoms. The molecule has 0 spiro atoms. The first kappa shape index (κ1) is 12.0. The average molecular weight is 290 g/mol. The van der Waals surface area contributed by atoms with Crippen LogP contribution in [0.25, 0.3) is 0 Å². The summed E-state index contributed by atoms with van der Waals surface area (Å²) >= 11 is 3.46. The maximum atomic E-state index is 6.15. The van der Waals surface area contributed by atoms with Crippen LogP contribution in [0.5, 0.6) is 0 Å². The van der Waals surface area contributed by atoms with Gasteiger partial charge in [-0.05, 0) is 22.9 Å². The first-order chi connectivity index (χ1) is 7.72. The molecule has 90 valence electrons. The van der Waals surface area contributed by atoms with Crippen molar-refractivity contribution in [1.29, 1.82) is 0 Å². The zero-order valence-corrected chi connectivity index (χ0v) is 10.8. The van der Waals surface area contributed by atoms with E-state index >= 15 is 0 Å². The molecule has 6 heteroatoms. The fourth-order valence-electron chi connectivity index (χ4n) is 1.85. The molecule has 2 rings (SSSR count). The summed E-state index contributed by atoms with van der Waals surface area (Å²) < 4.78 is 13.6. The fraction of sp³-hybridized carbons (Fsp3) is 0.700. The van der Waals surface area contributed by atoms with Crippen LogP contribution in [0.2, 0.25) is 0 Å². The van der Waals surface area contributed by atoms with Crippen LogP contribution in [-0.2, 0) is 16.0 Å². The monoisotopic (exact) mass is 289 g/mol. The summed E-state index contributed by atoms with van der Waals surface area (Å²) in [5.41, 5.74) is 7.15. The van der Waals surface area contributed by atoms with Gasteiger partial charge in [0.05, 0.1) is 35.6 Å². The second-order valence-electron chi connectivity index (χ2n) is 3.71. The minimum absolute atomic E-state index is 0.125. The predicted octanol–water partition coefficient (Wildman–Crippen LogP) is 1.43. The van der Waals surface area contributed by atoms with Crippen molar-refractivity contribution in [1.82, 2.24) is 9.78 Å². The van der Waals surface area contributed by atoms with Crippen LogP contribution < -0.4 is 5.73 Å². The van der Waals surface area contributed by atoms with Gasteiger partial charge in [-0.2, -0.15) is 5.10 Å². The minimum Gasteiger partial charge on any atom is -0.350 e. The van der Waals surface area contributed by atoms with E-state index in [1.54, 1.807) is 6.20 Å². The van der Waals surface area contributed by atoms with Gasteiger partial charge in [-0.1, -0.05) is 0 Å². The van der Waals surface area contributed by atoms with Crippen molar-refractivity contribution in [2.24, 2.45) is 5.73 Å². The lowest BCUT2D eigenvalue weighted by Crippen LogP contribution is -2.22. The van der Waals surface area contributed by atoms with Gasteiger partial charge < -0.3 is 15.2 Å². The SMILES string of the molecule is CCn1ncc(Br)c1C(N)CC1OCCO1. The highest BCUT2D eigenvalue weighted by atomic mass is 79.9. The van der Waals surface area contributed by atoms with E-state index in [1.807, 2.05) is 11.6 Å². The quantitative estimate of drug-likeness (QED) is 0.911. The third-order valence-electron chi connectivity index (χ3n) is 2.62. The molecule has 1 aliphatic rings. The van der Waals surface area contributed by atoms with Gasteiger partial charge in [0.25, 0.3) is 0 Å². The molecular formula is C10H16BrN3O2. The number of halogens is 1. The summed E-state index contributed by atoms with van der Waals surface area (Å²) in [4.78, 5) is 0. The minimum atomic E-state index is -0.179. The second-order valence-corrected chi connectivity index (χ2v) is 4.56. The van der Waals surface area contributed by atoms with Gasteiger partial charge in [0.2, 0.25) is 0 Å². The Hall–Kier alpha value is -0.430. The summed E-state index contributed by atoms with van der Waals surface area (Å²) in [6.45, 7) is 4.16. The molecule has 1 aromatic rings. The molecule has 0 amide bonds. The van der Waals surface area contributed by atoms with E-state index in [2.05, 4.69) is 21.0 Å². The van der Waals surface area contributed by atoms with Crippen LogP contribution >= 0.6 is 15.9 Å². The lowest BCUT2D eigenvalue weighted by molar-refractivity contribution is -0.0512. The highest BCUT2D eigenvalue weighted by Gasteiger charge is 2.23. The molecular weight excluding hydrogens is 274 g/mol. The largest absolute Gasteiger partial charge is 0.350 e. The number of aromatic nitrogens is 2. The summed E-state index contributed by atoms with van der Waals surface area (Å²) in [6.07, 6.45) is 2.25. The first-order valence-corrected chi connectivity index (χ1v) is 6.21. The molecule has 2 heterocycles. The van der Waals surface area contributed by atoms with Gasteiger partial charge in [-0.25, -0.2) is 0 Å². The van der Waals surface area contributed by atoms with E-state index in [0.29, 0.717) is 19.6 Å². The molecule has 1 atom stereocenters. The third kappa shape index (κ3) is 2.45. The Bertz CT molecular complexity index is 350. The molecule has 1 saturated heterocycles. The molecule has 1 aromatic heterocycles. The Morgan fingerprint density at radius 3 is 2.94 bits per heavy atom. The lowest BCUT2D eigenvalue weighted by atomic mass is 10.1. The Morgan fingerprint density at radius 2 is 2.31 bits per heavy atom. The molecule has 0 bridgehead atoms.